The van der Waals surface area contributed by atoms with Crippen LogP contribution in [0.5, 0.6) is 5.75 Å². The van der Waals surface area contributed by atoms with Crippen LogP contribution in [0.15, 0.2) is 40.8 Å². The monoisotopic (exact) mass is 287 g/mol. The van der Waals surface area contributed by atoms with Gasteiger partial charge in [-0.15, -0.1) is 0 Å². The van der Waals surface area contributed by atoms with E-state index in [4.69, 9.17) is 14.3 Å². The number of furan rings is 1. The van der Waals surface area contributed by atoms with Crippen molar-refractivity contribution in [3.05, 3.63) is 53.5 Å². The number of rotatable bonds is 4. The molecular weight excluding hydrogens is 274 g/mol. The van der Waals surface area contributed by atoms with Gasteiger partial charge in [-0.2, -0.15) is 0 Å². The first-order valence-corrected chi connectivity index (χ1v) is 6.46. The van der Waals surface area contributed by atoms with Crippen LogP contribution < -0.4 is 10.1 Å². The van der Waals surface area contributed by atoms with Crippen LogP contribution in [0.1, 0.15) is 27.8 Å². The van der Waals surface area contributed by atoms with E-state index in [1.807, 2.05) is 24.3 Å². The van der Waals surface area contributed by atoms with E-state index in [1.54, 1.807) is 0 Å². The minimum absolute atomic E-state index is 0.144. The first kappa shape index (κ1) is 13.2. The Labute approximate surface area is 120 Å². The molecule has 0 unspecified atom stereocenters. The van der Waals surface area contributed by atoms with E-state index in [9.17, 15) is 9.59 Å². The minimum atomic E-state index is -1.13. The Morgan fingerprint density at radius 1 is 1.24 bits per heavy atom. The number of para-hydroxylation sites is 1. The standard InChI is InChI=1S/C15H13NO5/c17-14(11-8-20-12-4-2-1-3-10(11)12)16-7-9-5-6-13(21-9)15(18)19/h1-6,11H,7-8H2,(H,16,17)(H,18,19)/t11-/m1/s1. The number of fused-ring (bicyclic) bond motifs is 1. The number of nitrogens with one attached hydrogen (secondary N) is 1. The number of aromatic carboxylic acids is 1. The molecule has 1 amide bonds. The Bertz CT molecular complexity index is 691. The molecule has 0 aliphatic carbocycles. The number of amides is 1. The molecule has 1 atom stereocenters. The van der Waals surface area contributed by atoms with Crippen molar-refractivity contribution in [3.63, 3.8) is 0 Å². The lowest BCUT2D eigenvalue weighted by atomic mass is 10.0. The van der Waals surface area contributed by atoms with Gasteiger partial charge in [0.2, 0.25) is 11.7 Å². The SMILES string of the molecule is O=C(O)c1ccc(CNC(=O)[C@@H]2COc3ccccc32)o1. The van der Waals surface area contributed by atoms with E-state index >= 15 is 0 Å². The van der Waals surface area contributed by atoms with Crippen LogP contribution in [0.3, 0.4) is 0 Å². The molecule has 1 aliphatic heterocycles. The number of carbonyl (C=O) groups excluding carboxylic acids is 1. The van der Waals surface area contributed by atoms with Crippen molar-refractivity contribution in [3.8, 4) is 5.75 Å². The molecule has 2 heterocycles. The summed E-state index contributed by atoms with van der Waals surface area (Å²) in [4.78, 5) is 22.9. The molecule has 0 saturated heterocycles. The third kappa shape index (κ3) is 2.60. The van der Waals surface area contributed by atoms with Gasteiger partial charge in [0.1, 0.15) is 24.0 Å². The molecule has 21 heavy (non-hydrogen) atoms. The van der Waals surface area contributed by atoms with Crippen LogP contribution in [0.4, 0.5) is 0 Å². The zero-order valence-corrected chi connectivity index (χ0v) is 11.0. The number of carboxylic acids is 1. The molecule has 0 saturated carbocycles. The average Bonchev–Trinajstić information content (AvgIpc) is 3.11. The Morgan fingerprint density at radius 2 is 2.05 bits per heavy atom. The van der Waals surface area contributed by atoms with Crippen molar-refractivity contribution < 1.29 is 23.8 Å². The topological polar surface area (TPSA) is 88.8 Å². The van der Waals surface area contributed by atoms with Crippen LogP contribution in [-0.4, -0.2) is 23.6 Å². The van der Waals surface area contributed by atoms with E-state index in [1.165, 1.54) is 12.1 Å². The van der Waals surface area contributed by atoms with Gasteiger partial charge in [0.15, 0.2) is 0 Å². The van der Waals surface area contributed by atoms with E-state index in [0.717, 1.165) is 11.3 Å². The van der Waals surface area contributed by atoms with Gasteiger partial charge in [-0.25, -0.2) is 4.79 Å². The molecule has 0 fully saturated rings. The van der Waals surface area contributed by atoms with Crippen LogP contribution in [-0.2, 0) is 11.3 Å². The summed E-state index contributed by atoms with van der Waals surface area (Å²) in [6, 6.07) is 10.3. The van der Waals surface area contributed by atoms with Crippen molar-refractivity contribution in [1.29, 1.82) is 0 Å². The van der Waals surface area contributed by atoms with E-state index in [0.29, 0.717) is 12.4 Å². The molecule has 0 radical (unpaired) electrons. The van der Waals surface area contributed by atoms with Crippen molar-refractivity contribution >= 4 is 11.9 Å². The summed E-state index contributed by atoms with van der Waals surface area (Å²) < 4.78 is 10.5. The van der Waals surface area contributed by atoms with Crippen molar-refractivity contribution in [1.82, 2.24) is 5.32 Å². The third-order valence-electron chi connectivity index (χ3n) is 3.33. The summed E-state index contributed by atoms with van der Waals surface area (Å²) in [6.07, 6.45) is 0. The maximum absolute atomic E-state index is 12.2. The van der Waals surface area contributed by atoms with Gasteiger partial charge >= 0.3 is 5.97 Å². The molecule has 6 nitrogen and oxygen atoms in total. The van der Waals surface area contributed by atoms with Gasteiger partial charge < -0.3 is 19.6 Å². The summed E-state index contributed by atoms with van der Waals surface area (Å²) in [5, 5.41) is 11.5. The normalized spacial score (nSPS) is 16.1. The average molecular weight is 287 g/mol. The largest absolute Gasteiger partial charge is 0.492 e. The van der Waals surface area contributed by atoms with Gasteiger partial charge in [-0.1, -0.05) is 18.2 Å². The van der Waals surface area contributed by atoms with Crippen molar-refractivity contribution in [2.45, 2.75) is 12.5 Å². The molecule has 0 bridgehead atoms. The highest BCUT2D eigenvalue weighted by Crippen LogP contribution is 2.33. The van der Waals surface area contributed by atoms with Gasteiger partial charge in [0.05, 0.1) is 6.54 Å². The Kier molecular flexibility index (Phi) is 3.35. The number of ether oxygens (including phenoxy) is 1. The molecule has 3 rings (SSSR count). The molecule has 2 aromatic rings. The molecular formula is C15H13NO5. The smallest absolute Gasteiger partial charge is 0.371 e. The summed E-state index contributed by atoms with van der Waals surface area (Å²) in [5.41, 5.74) is 0.862. The lowest BCUT2D eigenvalue weighted by molar-refractivity contribution is -0.123. The quantitative estimate of drug-likeness (QED) is 0.894. The van der Waals surface area contributed by atoms with Crippen LogP contribution in [0, 0.1) is 0 Å². The fourth-order valence-corrected chi connectivity index (χ4v) is 2.26. The second-order valence-electron chi connectivity index (χ2n) is 4.69. The third-order valence-corrected chi connectivity index (χ3v) is 3.33. The highest BCUT2D eigenvalue weighted by Gasteiger charge is 2.29. The maximum Gasteiger partial charge on any atom is 0.371 e. The first-order chi connectivity index (χ1) is 10.1. The predicted octanol–water partition coefficient (Wildman–Crippen LogP) is 1.77. The number of hydrogen-bond donors (Lipinski definition) is 2. The molecule has 108 valence electrons. The van der Waals surface area contributed by atoms with Gasteiger partial charge in [-0.3, -0.25) is 4.79 Å². The number of carboxylic acid groups (broad SMARTS) is 1. The molecule has 2 N–H and O–H groups in total. The number of benzene rings is 1. The fraction of sp³-hybridized carbons (Fsp3) is 0.200. The second-order valence-corrected chi connectivity index (χ2v) is 4.69. The molecule has 1 aromatic heterocycles. The predicted molar refractivity (Wildman–Crippen MR) is 72.2 cm³/mol. The Morgan fingerprint density at radius 3 is 2.81 bits per heavy atom. The fourth-order valence-electron chi connectivity index (χ4n) is 2.26. The van der Waals surface area contributed by atoms with Crippen molar-refractivity contribution in [2.75, 3.05) is 6.61 Å². The van der Waals surface area contributed by atoms with E-state index in [-0.39, 0.29) is 24.1 Å². The maximum atomic E-state index is 12.2. The molecule has 1 aromatic carbocycles. The van der Waals surface area contributed by atoms with Gasteiger partial charge in [0.25, 0.3) is 0 Å². The zero-order valence-electron chi connectivity index (χ0n) is 11.0. The van der Waals surface area contributed by atoms with Crippen LogP contribution in [0.2, 0.25) is 0 Å². The van der Waals surface area contributed by atoms with Gasteiger partial charge in [0, 0.05) is 5.56 Å². The lowest BCUT2D eigenvalue weighted by Gasteiger charge is -2.09. The van der Waals surface area contributed by atoms with Crippen LogP contribution in [0.25, 0.3) is 0 Å². The molecule has 0 spiro atoms. The number of carbonyl (C=O) groups is 2. The lowest BCUT2D eigenvalue weighted by Crippen LogP contribution is -2.29. The molecule has 6 heteroatoms. The van der Waals surface area contributed by atoms with E-state index < -0.39 is 5.97 Å². The summed E-state index contributed by atoms with van der Waals surface area (Å²) >= 11 is 0. The zero-order chi connectivity index (χ0) is 14.8. The summed E-state index contributed by atoms with van der Waals surface area (Å²) in [6.45, 7) is 0.453. The summed E-state index contributed by atoms with van der Waals surface area (Å²) in [7, 11) is 0. The van der Waals surface area contributed by atoms with Crippen LogP contribution >= 0.6 is 0 Å². The number of hydrogen-bond acceptors (Lipinski definition) is 4. The minimum Gasteiger partial charge on any atom is -0.492 e. The second kappa shape index (κ2) is 5.32. The Hall–Kier alpha value is -2.76. The Balaban J connectivity index is 1.63. The van der Waals surface area contributed by atoms with E-state index in [2.05, 4.69) is 5.32 Å². The van der Waals surface area contributed by atoms with Crippen molar-refractivity contribution in [2.24, 2.45) is 0 Å². The molecule has 1 aliphatic rings. The first-order valence-electron chi connectivity index (χ1n) is 6.46. The highest BCUT2D eigenvalue weighted by atomic mass is 16.5. The summed E-state index contributed by atoms with van der Waals surface area (Å²) in [5.74, 6) is -0.681. The highest BCUT2D eigenvalue weighted by molar-refractivity contribution is 5.85. The van der Waals surface area contributed by atoms with Gasteiger partial charge in [-0.05, 0) is 18.2 Å².